The number of carbonyl (C=O) groups is 2. The molecule has 0 saturated carbocycles. The lowest BCUT2D eigenvalue weighted by Gasteiger charge is -2.35. The Balaban J connectivity index is 1.78. The van der Waals surface area contributed by atoms with Gasteiger partial charge in [-0.1, -0.05) is 12.1 Å². The number of esters is 1. The van der Waals surface area contributed by atoms with Gasteiger partial charge in [0.1, 0.15) is 18.2 Å². The second-order valence-electron chi connectivity index (χ2n) is 8.64. The average molecular weight is 450 g/mol. The van der Waals surface area contributed by atoms with Gasteiger partial charge in [0, 0.05) is 29.3 Å². The van der Waals surface area contributed by atoms with E-state index in [0.717, 1.165) is 40.8 Å². The van der Waals surface area contributed by atoms with Gasteiger partial charge in [-0.2, -0.15) is 0 Å². The third-order valence-corrected chi connectivity index (χ3v) is 6.42. The Hall–Kier alpha value is -3.41. The molecule has 0 radical (unpaired) electrons. The first kappa shape index (κ1) is 22.8. The zero-order valence-corrected chi connectivity index (χ0v) is 19.4. The Labute approximate surface area is 193 Å². The minimum atomic E-state index is -0.494. The van der Waals surface area contributed by atoms with Gasteiger partial charge in [0.15, 0.2) is 5.78 Å². The smallest absolute Gasteiger partial charge is 0.336 e. The van der Waals surface area contributed by atoms with Gasteiger partial charge in [-0.25, -0.2) is 9.18 Å². The van der Waals surface area contributed by atoms with Crippen molar-refractivity contribution < 1.29 is 23.5 Å². The molecular formula is C27H28FNO4. The van der Waals surface area contributed by atoms with Crippen LogP contribution in [0, 0.1) is 19.7 Å². The number of benzene rings is 2. The molecule has 2 aromatic rings. The Morgan fingerprint density at radius 1 is 1.09 bits per heavy atom. The summed E-state index contributed by atoms with van der Waals surface area (Å²) in [5.41, 5.74) is 6.58. The van der Waals surface area contributed by atoms with Crippen LogP contribution in [0.1, 0.15) is 54.4 Å². The Kier molecular flexibility index (Phi) is 6.36. The number of carbonyl (C=O) groups excluding carboxylic acids is 2. The van der Waals surface area contributed by atoms with E-state index < -0.39 is 11.9 Å². The Morgan fingerprint density at radius 2 is 1.82 bits per heavy atom. The predicted octanol–water partition coefficient (Wildman–Crippen LogP) is 5.16. The number of allylic oxidation sites excluding steroid dienone is 3. The third kappa shape index (κ3) is 4.42. The summed E-state index contributed by atoms with van der Waals surface area (Å²) in [4.78, 5) is 25.9. The van der Waals surface area contributed by atoms with Crippen molar-refractivity contribution >= 4 is 11.8 Å². The topological polar surface area (TPSA) is 64.6 Å². The highest BCUT2D eigenvalue weighted by atomic mass is 19.1. The molecule has 1 atom stereocenters. The molecule has 1 N–H and O–H groups in total. The van der Waals surface area contributed by atoms with Gasteiger partial charge in [-0.15, -0.1) is 0 Å². The van der Waals surface area contributed by atoms with Crippen molar-refractivity contribution in [2.24, 2.45) is 0 Å². The number of nitrogens with one attached hydrogen (secondary N) is 1. The molecule has 0 amide bonds. The molecular weight excluding hydrogens is 421 g/mol. The summed E-state index contributed by atoms with van der Waals surface area (Å²) in [7, 11) is 1.36. The summed E-state index contributed by atoms with van der Waals surface area (Å²) in [6.07, 6.45) is 2.03. The molecule has 0 aromatic heterocycles. The maximum absolute atomic E-state index is 13.2. The molecule has 172 valence electrons. The van der Waals surface area contributed by atoms with Crippen LogP contribution in [0.2, 0.25) is 0 Å². The first-order chi connectivity index (χ1) is 15.8. The van der Waals surface area contributed by atoms with Gasteiger partial charge >= 0.3 is 5.97 Å². The van der Waals surface area contributed by atoms with Crippen LogP contribution in [-0.2, 0) is 20.9 Å². The molecule has 2 aliphatic rings. The number of ether oxygens (including phenoxy) is 2. The van der Waals surface area contributed by atoms with Crippen LogP contribution in [0.15, 0.2) is 58.9 Å². The Morgan fingerprint density at radius 3 is 2.52 bits per heavy atom. The molecule has 0 unspecified atom stereocenters. The number of rotatable bonds is 5. The van der Waals surface area contributed by atoms with Crippen LogP contribution in [0.4, 0.5) is 4.39 Å². The number of hydrogen-bond acceptors (Lipinski definition) is 5. The minimum absolute atomic E-state index is 0.0618. The molecule has 1 aliphatic heterocycles. The van der Waals surface area contributed by atoms with E-state index in [1.54, 1.807) is 12.1 Å². The van der Waals surface area contributed by atoms with E-state index in [2.05, 4.69) is 11.4 Å². The fourth-order valence-electron chi connectivity index (χ4n) is 4.75. The van der Waals surface area contributed by atoms with Crippen molar-refractivity contribution in [1.82, 2.24) is 5.32 Å². The SMILES string of the molecule is COC(=O)C1=C(C)NC2=C(C(=O)CCC2)[C@@H]1c1cc(COc2ccc(F)cc2)c(C)cc1C. The summed E-state index contributed by atoms with van der Waals surface area (Å²) in [6.45, 7) is 6.13. The van der Waals surface area contributed by atoms with Gasteiger partial charge in [0.2, 0.25) is 0 Å². The molecule has 2 aromatic carbocycles. The first-order valence-electron chi connectivity index (χ1n) is 11.1. The van der Waals surface area contributed by atoms with Crippen molar-refractivity contribution in [2.75, 3.05) is 7.11 Å². The van der Waals surface area contributed by atoms with Crippen molar-refractivity contribution in [1.29, 1.82) is 0 Å². The number of ketones is 1. The molecule has 4 rings (SSSR count). The van der Waals surface area contributed by atoms with Crippen LogP contribution < -0.4 is 10.1 Å². The zero-order chi connectivity index (χ0) is 23.7. The highest BCUT2D eigenvalue weighted by Gasteiger charge is 2.39. The van der Waals surface area contributed by atoms with Crippen molar-refractivity contribution in [3.63, 3.8) is 0 Å². The van der Waals surface area contributed by atoms with Crippen LogP contribution in [0.25, 0.3) is 0 Å². The summed E-state index contributed by atoms with van der Waals surface area (Å²) in [6, 6.07) is 9.97. The van der Waals surface area contributed by atoms with Gasteiger partial charge in [-0.3, -0.25) is 4.79 Å². The number of halogens is 1. The van der Waals surface area contributed by atoms with Gasteiger partial charge in [0.25, 0.3) is 0 Å². The number of methoxy groups -OCH3 is 1. The highest BCUT2D eigenvalue weighted by molar-refractivity contribution is 6.03. The van der Waals surface area contributed by atoms with E-state index in [1.807, 2.05) is 26.8 Å². The van der Waals surface area contributed by atoms with E-state index in [9.17, 15) is 14.0 Å². The van der Waals surface area contributed by atoms with Gasteiger partial charge in [0.05, 0.1) is 12.7 Å². The number of aryl methyl sites for hydroxylation is 2. The summed E-state index contributed by atoms with van der Waals surface area (Å²) in [5.74, 6) is -0.628. The number of hydrogen-bond donors (Lipinski definition) is 1. The maximum atomic E-state index is 13.2. The van der Waals surface area contributed by atoms with Crippen LogP contribution in [0.5, 0.6) is 5.75 Å². The monoisotopic (exact) mass is 449 g/mol. The fourth-order valence-corrected chi connectivity index (χ4v) is 4.75. The summed E-state index contributed by atoms with van der Waals surface area (Å²) in [5, 5.41) is 3.29. The fraction of sp³-hybridized carbons (Fsp3) is 0.333. The first-order valence-corrected chi connectivity index (χ1v) is 11.1. The second-order valence-corrected chi connectivity index (χ2v) is 8.64. The van der Waals surface area contributed by atoms with Crippen LogP contribution in [-0.4, -0.2) is 18.9 Å². The number of Topliss-reactive ketones (excluding diaryl/α,β-unsaturated/α-hetero) is 1. The van der Waals surface area contributed by atoms with E-state index in [-0.39, 0.29) is 18.2 Å². The lowest BCUT2D eigenvalue weighted by atomic mass is 9.73. The van der Waals surface area contributed by atoms with Crippen molar-refractivity contribution in [2.45, 2.75) is 52.6 Å². The van der Waals surface area contributed by atoms with Crippen molar-refractivity contribution in [3.8, 4) is 5.75 Å². The average Bonchev–Trinajstić information content (AvgIpc) is 2.78. The maximum Gasteiger partial charge on any atom is 0.336 e. The third-order valence-electron chi connectivity index (χ3n) is 6.42. The predicted molar refractivity (Wildman–Crippen MR) is 123 cm³/mol. The Bertz CT molecular complexity index is 1180. The molecule has 1 heterocycles. The largest absolute Gasteiger partial charge is 0.489 e. The van der Waals surface area contributed by atoms with Crippen LogP contribution >= 0.6 is 0 Å². The van der Waals surface area contributed by atoms with E-state index in [1.165, 1.54) is 19.2 Å². The molecule has 0 fully saturated rings. The minimum Gasteiger partial charge on any atom is -0.489 e. The molecule has 0 bridgehead atoms. The lowest BCUT2D eigenvalue weighted by molar-refractivity contribution is -0.136. The molecule has 6 heteroatoms. The zero-order valence-electron chi connectivity index (χ0n) is 19.4. The second kappa shape index (κ2) is 9.22. The molecule has 0 spiro atoms. The van der Waals surface area contributed by atoms with E-state index in [4.69, 9.17) is 9.47 Å². The summed E-state index contributed by atoms with van der Waals surface area (Å²) < 4.78 is 24.2. The summed E-state index contributed by atoms with van der Waals surface area (Å²) >= 11 is 0. The quantitative estimate of drug-likeness (QED) is 0.639. The van der Waals surface area contributed by atoms with E-state index >= 15 is 0 Å². The van der Waals surface area contributed by atoms with Crippen LogP contribution in [0.3, 0.4) is 0 Å². The molecule has 33 heavy (non-hydrogen) atoms. The molecule has 0 saturated heterocycles. The lowest BCUT2D eigenvalue weighted by Crippen LogP contribution is -2.34. The molecule has 5 nitrogen and oxygen atoms in total. The van der Waals surface area contributed by atoms with E-state index in [0.29, 0.717) is 29.0 Å². The normalized spacial score (nSPS) is 18.1. The highest BCUT2D eigenvalue weighted by Crippen LogP contribution is 2.44. The van der Waals surface area contributed by atoms with Crippen molar-refractivity contribution in [3.05, 3.63) is 87.0 Å². The van der Waals surface area contributed by atoms with Gasteiger partial charge in [-0.05, 0) is 80.1 Å². The number of dihydropyridines is 1. The standard InChI is InChI=1S/C27H28FNO4/c1-15-12-16(2)21(13-18(15)14-33-20-10-8-19(28)9-11-20)25-24(27(31)32-4)17(3)29-22-6-5-7-23(30)26(22)25/h8-13,25,29H,5-7,14H2,1-4H3/t25-/m1/s1. The van der Waals surface area contributed by atoms with Gasteiger partial charge < -0.3 is 14.8 Å². The molecule has 1 aliphatic carbocycles.